The highest BCUT2D eigenvalue weighted by Gasteiger charge is 2.41. The molecule has 1 atom stereocenters. The molecule has 0 fully saturated rings. The van der Waals surface area contributed by atoms with Gasteiger partial charge in [0.2, 0.25) is 0 Å². The Morgan fingerprint density at radius 2 is 2.06 bits per heavy atom. The summed E-state index contributed by atoms with van der Waals surface area (Å²) in [5.41, 5.74) is 0.564. The van der Waals surface area contributed by atoms with Crippen molar-refractivity contribution in [3.8, 4) is 0 Å². The zero-order valence-electron chi connectivity index (χ0n) is 9.40. The molecule has 1 unspecified atom stereocenters. The van der Waals surface area contributed by atoms with Gasteiger partial charge in [-0.15, -0.1) is 0 Å². The molecule has 0 bridgehead atoms. The average Bonchev–Trinajstić information content (AvgIpc) is 2.29. The maximum Gasteiger partial charge on any atom is 0.330 e. The van der Waals surface area contributed by atoms with Crippen LogP contribution >= 0.6 is 0 Å². The summed E-state index contributed by atoms with van der Waals surface area (Å²) in [4.78, 5) is 3.92. The predicted octanol–water partition coefficient (Wildman–Crippen LogP) is 1.90. The molecule has 7 heteroatoms. The van der Waals surface area contributed by atoms with Crippen molar-refractivity contribution in [3.63, 3.8) is 0 Å². The summed E-state index contributed by atoms with van der Waals surface area (Å²) in [5, 5.41) is 9.44. The number of pyridine rings is 1. The molecule has 1 aromatic rings. The highest BCUT2D eigenvalue weighted by atomic mass is 19.3. The SMILES string of the molecule is OC(COCC(F)(F)C(F)F)Cc1ccccn1. The lowest BCUT2D eigenvalue weighted by Gasteiger charge is -2.16. The minimum Gasteiger partial charge on any atom is -0.390 e. The van der Waals surface area contributed by atoms with Crippen LogP contribution in [0, 0.1) is 0 Å². The Kier molecular flexibility index (Phi) is 5.49. The van der Waals surface area contributed by atoms with Crippen molar-refractivity contribution in [1.82, 2.24) is 4.98 Å². The van der Waals surface area contributed by atoms with Crippen LogP contribution in [0.1, 0.15) is 5.69 Å². The van der Waals surface area contributed by atoms with Gasteiger partial charge in [0.05, 0.1) is 12.7 Å². The fraction of sp³-hybridized carbons (Fsp3) is 0.545. The van der Waals surface area contributed by atoms with Crippen molar-refractivity contribution in [1.29, 1.82) is 0 Å². The molecule has 1 rings (SSSR count). The lowest BCUT2D eigenvalue weighted by Crippen LogP contribution is -2.34. The van der Waals surface area contributed by atoms with E-state index in [0.29, 0.717) is 5.69 Å². The maximum atomic E-state index is 12.5. The molecule has 0 radical (unpaired) electrons. The summed E-state index contributed by atoms with van der Waals surface area (Å²) >= 11 is 0. The second-order valence-electron chi connectivity index (χ2n) is 3.76. The highest BCUT2D eigenvalue weighted by molar-refractivity contribution is 5.04. The number of hydrogen-bond donors (Lipinski definition) is 1. The first-order valence-corrected chi connectivity index (χ1v) is 5.23. The Morgan fingerprint density at radius 3 is 2.61 bits per heavy atom. The van der Waals surface area contributed by atoms with Crippen LogP contribution in [0.2, 0.25) is 0 Å². The zero-order chi connectivity index (χ0) is 13.6. The van der Waals surface area contributed by atoms with E-state index in [9.17, 15) is 22.7 Å². The summed E-state index contributed by atoms with van der Waals surface area (Å²) in [5.74, 6) is -4.19. The van der Waals surface area contributed by atoms with E-state index in [4.69, 9.17) is 0 Å². The molecule has 0 aliphatic heterocycles. The predicted molar refractivity (Wildman–Crippen MR) is 55.7 cm³/mol. The molecule has 0 aromatic carbocycles. The zero-order valence-corrected chi connectivity index (χ0v) is 9.40. The van der Waals surface area contributed by atoms with Crippen LogP contribution in [0.15, 0.2) is 24.4 Å². The second-order valence-corrected chi connectivity index (χ2v) is 3.76. The third kappa shape index (κ3) is 4.97. The number of hydrogen-bond acceptors (Lipinski definition) is 3. The van der Waals surface area contributed by atoms with Crippen LogP contribution in [-0.4, -0.2) is 41.8 Å². The van der Waals surface area contributed by atoms with Crippen LogP contribution < -0.4 is 0 Å². The molecular formula is C11H13F4NO2. The Hall–Kier alpha value is -1.21. The van der Waals surface area contributed by atoms with Gasteiger partial charge in [0.1, 0.15) is 6.61 Å². The second kappa shape index (κ2) is 6.65. The average molecular weight is 267 g/mol. The van der Waals surface area contributed by atoms with Crippen LogP contribution in [-0.2, 0) is 11.2 Å². The molecule has 1 heterocycles. The van der Waals surface area contributed by atoms with Gasteiger partial charge < -0.3 is 9.84 Å². The molecule has 1 N–H and O–H groups in total. The number of nitrogens with zero attached hydrogens (tertiary/aromatic N) is 1. The molecule has 3 nitrogen and oxygen atoms in total. The Morgan fingerprint density at radius 1 is 1.33 bits per heavy atom. The van der Waals surface area contributed by atoms with E-state index in [1.165, 1.54) is 6.20 Å². The molecule has 0 amide bonds. The van der Waals surface area contributed by atoms with E-state index >= 15 is 0 Å². The quantitative estimate of drug-likeness (QED) is 0.767. The van der Waals surface area contributed by atoms with E-state index in [1.807, 2.05) is 0 Å². The summed E-state index contributed by atoms with van der Waals surface area (Å²) in [6, 6.07) is 5.05. The molecule has 0 saturated heterocycles. The van der Waals surface area contributed by atoms with Crippen molar-refractivity contribution < 1.29 is 27.4 Å². The van der Waals surface area contributed by atoms with Crippen LogP contribution in [0.4, 0.5) is 17.6 Å². The van der Waals surface area contributed by atoms with Gasteiger partial charge in [0, 0.05) is 18.3 Å². The Bertz CT molecular complexity index is 348. The number of aliphatic hydroxyl groups is 1. The van der Waals surface area contributed by atoms with E-state index < -0.39 is 31.7 Å². The number of aliphatic hydroxyl groups excluding tert-OH is 1. The maximum absolute atomic E-state index is 12.5. The molecule has 0 spiro atoms. The highest BCUT2D eigenvalue weighted by Crippen LogP contribution is 2.22. The lowest BCUT2D eigenvalue weighted by molar-refractivity contribution is -0.170. The van der Waals surface area contributed by atoms with Gasteiger partial charge in [0.25, 0.3) is 0 Å². The van der Waals surface area contributed by atoms with Gasteiger partial charge in [-0.3, -0.25) is 4.98 Å². The van der Waals surface area contributed by atoms with Gasteiger partial charge in [0.15, 0.2) is 0 Å². The first kappa shape index (κ1) is 14.8. The topological polar surface area (TPSA) is 42.4 Å². The molecule has 18 heavy (non-hydrogen) atoms. The van der Waals surface area contributed by atoms with Gasteiger partial charge in [-0.25, -0.2) is 8.78 Å². The minimum absolute atomic E-state index is 0.112. The van der Waals surface area contributed by atoms with E-state index in [1.54, 1.807) is 18.2 Å². The van der Waals surface area contributed by atoms with Crippen molar-refractivity contribution in [3.05, 3.63) is 30.1 Å². The summed E-state index contributed by atoms with van der Waals surface area (Å²) in [6.45, 7) is -1.86. The number of halogens is 4. The largest absolute Gasteiger partial charge is 0.390 e. The lowest BCUT2D eigenvalue weighted by atomic mass is 10.2. The van der Waals surface area contributed by atoms with Crippen LogP contribution in [0.3, 0.4) is 0 Å². The molecule has 0 aliphatic carbocycles. The summed E-state index contributed by atoms with van der Waals surface area (Å²) in [7, 11) is 0. The molecule has 0 saturated carbocycles. The summed E-state index contributed by atoms with van der Waals surface area (Å²) < 4.78 is 52.9. The van der Waals surface area contributed by atoms with Crippen molar-refractivity contribution in [2.75, 3.05) is 13.2 Å². The third-order valence-electron chi connectivity index (χ3n) is 2.09. The van der Waals surface area contributed by atoms with Gasteiger partial charge in [-0.2, -0.15) is 8.78 Å². The smallest absolute Gasteiger partial charge is 0.330 e. The monoisotopic (exact) mass is 267 g/mol. The Labute approximate surface area is 101 Å². The van der Waals surface area contributed by atoms with E-state index in [0.717, 1.165) is 0 Å². The number of aromatic nitrogens is 1. The minimum atomic E-state index is -4.19. The van der Waals surface area contributed by atoms with Crippen LogP contribution in [0.5, 0.6) is 0 Å². The molecule has 0 aliphatic rings. The van der Waals surface area contributed by atoms with Gasteiger partial charge >= 0.3 is 12.3 Å². The number of rotatable bonds is 7. The molecular weight excluding hydrogens is 254 g/mol. The molecule has 1 aromatic heterocycles. The van der Waals surface area contributed by atoms with E-state index in [-0.39, 0.29) is 6.42 Å². The van der Waals surface area contributed by atoms with Gasteiger partial charge in [-0.05, 0) is 12.1 Å². The normalized spacial score (nSPS) is 13.9. The van der Waals surface area contributed by atoms with Crippen molar-refractivity contribution in [2.24, 2.45) is 0 Å². The van der Waals surface area contributed by atoms with E-state index in [2.05, 4.69) is 9.72 Å². The fourth-order valence-corrected chi connectivity index (χ4v) is 1.21. The molecule has 102 valence electrons. The fourth-order valence-electron chi connectivity index (χ4n) is 1.21. The van der Waals surface area contributed by atoms with Crippen molar-refractivity contribution >= 4 is 0 Å². The van der Waals surface area contributed by atoms with Crippen molar-refractivity contribution in [2.45, 2.75) is 24.9 Å². The van der Waals surface area contributed by atoms with Gasteiger partial charge in [-0.1, -0.05) is 6.07 Å². The first-order valence-electron chi connectivity index (χ1n) is 5.23. The summed E-state index contributed by atoms with van der Waals surface area (Å²) in [6.07, 6.45) is -3.20. The number of alkyl halides is 4. The Balaban J connectivity index is 2.28. The number of ether oxygens (including phenoxy) is 1. The standard InChI is InChI=1S/C11H13F4NO2/c12-10(13)11(14,15)7-18-6-9(17)5-8-3-1-2-4-16-8/h1-4,9-10,17H,5-7H2. The first-order chi connectivity index (χ1) is 8.42. The third-order valence-corrected chi connectivity index (χ3v) is 2.09. The van der Waals surface area contributed by atoms with Crippen LogP contribution in [0.25, 0.3) is 0 Å².